The van der Waals surface area contributed by atoms with Crippen molar-refractivity contribution in [2.75, 3.05) is 0 Å². The van der Waals surface area contributed by atoms with Gasteiger partial charge in [0.25, 0.3) is 0 Å². The summed E-state index contributed by atoms with van der Waals surface area (Å²) in [5.74, 6) is 4.38. The van der Waals surface area contributed by atoms with Crippen LogP contribution in [0.1, 0.15) is 87.0 Å². The standard InChI is InChI=1S/C21H40/c1-9-11-18-13-19(17(6)12-16(18)5)14-20(15(3)4)21(7,8)10-2/h16-20H,3,9-14H2,1-2,4-8H3. The molecule has 0 heteroatoms. The molecular formula is C21H40. The lowest BCUT2D eigenvalue weighted by Crippen LogP contribution is -2.34. The van der Waals surface area contributed by atoms with E-state index >= 15 is 0 Å². The Labute approximate surface area is 134 Å². The van der Waals surface area contributed by atoms with Crippen LogP contribution in [0.15, 0.2) is 12.2 Å². The summed E-state index contributed by atoms with van der Waals surface area (Å²) in [4.78, 5) is 0. The van der Waals surface area contributed by atoms with Gasteiger partial charge >= 0.3 is 0 Å². The molecule has 0 nitrogen and oxygen atoms in total. The average molecular weight is 293 g/mol. The van der Waals surface area contributed by atoms with E-state index in [2.05, 4.69) is 55.0 Å². The smallest absolute Gasteiger partial charge is 0.0155 e. The quantitative estimate of drug-likeness (QED) is 0.439. The van der Waals surface area contributed by atoms with Crippen LogP contribution in [0.25, 0.3) is 0 Å². The van der Waals surface area contributed by atoms with Gasteiger partial charge in [0, 0.05) is 0 Å². The van der Waals surface area contributed by atoms with Crippen molar-refractivity contribution >= 4 is 0 Å². The van der Waals surface area contributed by atoms with Crippen molar-refractivity contribution in [2.24, 2.45) is 35.0 Å². The first-order chi connectivity index (χ1) is 9.72. The van der Waals surface area contributed by atoms with Crippen LogP contribution in [0.3, 0.4) is 0 Å². The van der Waals surface area contributed by atoms with Gasteiger partial charge in [0.2, 0.25) is 0 Å². The number of hydrogen-bond donors (Lipinski definition) is 0. The molecule has 124 valence electrons. The molecule has 21 heavy (non-hydrogen) atoms. The van der Waals surface area contributed by atoms with Crippen molar-refractivity contribution in [2.45, 2.75) is 87.0 Å². The van der Waals surface area contributed by atoms with Gasteiger partial charge in [0.1, 0.15) is 0 Å². The van der Waals surface area contributed by atoms with Gasteiger partial charge in [-0.2, -0.15) is 0 Å². The molecule has 0 aromatic heterocycles. The minimum Gasteiger partial charge on any atom is -0.0998 e. The Bertz CT molecular complexity index is 325. The van der Waals surface area contributed by atoms with Gasteiger partial charge in [-0.3, -0.25) is 0 Å². The molecule has 0 N–H and O–H groups in total. The van der Waals surface area contributed by atoms with Crippen LogP contribution in [0.5, 0.6) is 0 Å². The summed E-state index contributed by atoms with van der Waals surface area (Å²) in [5.41, 5.74) is 1.80. The van der Waals surface area contributed by atoms with Gasteiger partial charge in [0.05, 0.1) is 0 Å². The second kappa shape index (κ2) is 7.84. The Morgan fingerprint density at radius 2 is 1.67 bits per heavy atom. The molecule has 5 unspecified atom stereocenters. The van der Waals surface area contributed by atoms with E-state index in [0.29, 0.717) is 11.3 Å². The minimum atomic E-state index is 0.398. The lowest BCUT2D eigenvalue weighted by atomic mass is 9.62. The van der Waals surface area contributed by atoms with Crippen LogP contribution in [0, 0.1) is 35.0 Å². The van der Waals surface area contributed by atoms with Gasteiger partial charge < -0.3 is 0 Å². The molecule has 0 aromatic rings. The minimum absolute atomic E-state index is 0.398. The lowest BCUT2D eigenvalue weighted by molar-refractivity contribution is 0.0873. The third-order valence-corrected chi connectivity index (χ3v) is 6.61. The fourth-order valence-corrected chi connectivity index (χ4v) is 4.66. The van der Waals surface area contributed by atoms with E-state index in [0.717, 1.165) is 23.7 Å². The molecule has 1 fully saturated rings. The molecule has 0 heterocycles. The number of rotatable bonds is 7. The zero-order chi connectivity index (χ0) is 16.2. The fourth-order valence-electron chi connectivity index (χ4n) is 4.66. The maximum Gasteiger partial charge on any atom is -0.0155 e. The number of hydrogen-bond acceptors (Lipinski definition) is 0. The van der Waals surface area contributed by atoms with Crippen molar-refractivity contribution < 1.29 is 0 Å². The van der Waals surface area contributed by atoms with E-state index in [1.807, 2.05) is 0 Å². The molecule has 1 rings (SSSR count). The van der Waals surface area contributed by atoms with Gasteiger partial charge in [-0.25, -0.2) is 0 Å². The molecule has 5 atom stereocenters. The van der Waals surface area contributed by atoms with Gasteiger partial charge in [-0.15, -0.1) is 0 Å². The van der Waals surface area contributed by atoms with Crippen molar-refractivity contribution in [3.8, 4) is 0 Å². The molecule has 0 aromatic carbocycles. The van der Waals surface area contributed by atoms with E-state index in [1.54, 1.807) is 0 Å². The molecule has 0 saturated heterocycles. The molecule has 0 aliphatic heterocycles. The summed E-state index contributed by atoms with van der Waals surface area (Å²) in [6, 6.07) is 0. The molecule has 1 saturated carbocycles. The predicted octanol–water partition coefficient (Wildman–Crippen LogP) is 7.10. The van der Waals surface area contributed by atoms with Gasteiger partial charge in [-0.05, 0) is 61.2 Å². The Kier molecular flexibility index (Phi) is 7.01. The van der Waals surface area contributed by atoms with E-state index < -0.39 is 0 Å². The Morgan fingerprint density at radius 3 is 2.14 bits per heavy atom. The van der Waals surface area contributed by atoms with Crippen molar-refractivity contribution in [3.05, 3.63) is 12.2 Å². The first kappa shape index (κ1) is 18.8. The van der Waals surface area contributed by atoms with Crippen LogP contribution in [-0.2, 0) is 0 Å². The highest BCUT2D eigenvalue weighted by Crippen LogP contribution is 2.47. The topological polar surface area (TPSA) is 0 Å². The number of allylic oxidation sites excluding steroid dienone is 1. The summed E-state index contributed by atoms with van der Waals surface area (Å²) < 4.78 is 0. The Hall–Kier alpha value is -0.260. The van der Waals surface area contributed by atoms with E-state index in [4.69, 9.17) is 0 Å². The maximum atomic E-state index is 4.33. The van der Waals surface area contributed by atoms with Crippen LogP contribution < -0.4 is 0 Å². The monoisotopic (exact) mass is 292 g/mol. The first-order valence-electron chi connectivity index (χ1n) is 9.38. The van der Waals surface area contributed by atoms with Crippen LogP contribution in [-0.4, -0.2) is 0 Å². The second-order valence-corrected chi connectivity index (χ2v) is 8.71. The van der Waals surface area contributed by atoms with E-state index in [-0.39, 0.29) is 0 Å². The van der Waals surface area contributed by atoms with Crippen LogP contribution >= 0.6 is 0 Å². The highest BCUT2D eigenvalue weighted by molar-refractivity contribution is 5.03. The van der Waals surface area contributed by atoms with Crippen LogP contribution in [0.4, 0.5) is 0 Å². The lowest BCUT2D eigenvalue weighted by Gasteiger charge is -2.43. The zero-order valence-corrected chi connectivity index (χ0v) is 15.8. The summed E-state index contributed by atoms with van der Waals surface area (Å²) in [6.45, 7) is 21.1. The second-order valence-electron chi connectivity index (χ2n) is 8.71. The summed E-state index contributed by atoms with van der Waals surface area (Å²) >= 11 is 0. The fraction of sp³-hybridized carbons (Fsp3) is 0.905. The van der Waals surface area contributed by atoms with Crippen molar-refractivity contribution in [1.82, 2.24) is 0 Å². The van der Waals surface area contributed by atoms with Crippen molar-refractivity contribution in [3.63, 3.8) is 0 Å². The normalized spacial score (nSPS) is 32.0. The maximum absolute atomic E-state index is 4.33. The third kappa shape index (κ3) is 4.86. The summed E-state index contributed by atoms with van der Waals surface area (Å²) in [7, 11) is 0. The van der Waals surface area contributed by atoms with Crippen LogP contribution in [0.2, 0.25) is 0 Å². The highest BCUT2D eigenvalue weighted by Gasteiger charge is 2.37. The largest absolute Gasteiger partial charge is 0.0998 e. The summed E-state index contributed by atoms with van der Waals surface area (Å²) in [6.07, 6.45) is 8.29. The summed E-state index contributed by atoms with van der Waals surface area (Å²) in [5, 5.41) is 0. The molecular weight excluding hydrogens is 252 g/mol. The van der Waals surface area contributed by atoms with Gasteiger partial charge in [-0.1, -0.05) is 73.0 Å². The van der Waals surface area contributed by atoms with E-state index in [1.165, 1.54) is 44.1 Å². The Balaban J connectivity index is 2.80. The Morgan fingerprint density at radius 1 is 1.10 bits per heavy atom. The molecule has 1 aliphatic carbocycles. The van der Waals surface area contributed by atoms with E-state index in [9.17, 15) is 0 Å². The predicted molar refractivity (Wildman–Crippen MR) is 96.4 cm³/mol. The SMILES string of the molecule is C=C(C)C(CC1CC(CCC)C(C)CC1C)C(C)(C)CC. The zero-order valence-electron chi connectivity index (χ0n) is 15.8. The first-order valence-corrected chi connectivity index (χ1v) is 9.38. The molecule has 0 amide bonds. The van der Waals surface area contributed by atoms with Gasteiger partial charge in [0.15, 0.2) is 0 Å². The molecule has 0 radical (unpaired) electrons. The highest BCUT2D eigenvalue weighted by atomic mass is 14.4. The molecule has 1 aliphatic rings. The third-order valence-electron chi connectivity index (χ3n) is 6.61. The molecule has 0 spiro atoms. The molecule has 0 bridgehead atoms. The average Bonchev–Trinajstić information content (AvgIpc) is 2.40. The van der Waals surface area contributed by atoms with Crippen molar-refractivity contribution in [1.29, 1.82) is 0 Å².